The van der Waals surface area contributed by atoms with E-state index in [4.69, 9.17) is 0 Å². The van der Waals surface area contributed by atoms with Gasteiger partial charge in [0.1, 0.15) is 0 Å². The second-order valence-electron chi connectivity index (χ2n) is 6.42. The molecule has 2 heterocycles. The molecule has 1 amide bonds. The summed E-state index contributed by atoms with van der Waals surface area (Å²) in [6.07, 6.45) is 3.27. The van der Waals surface area contributed by atoms with E-state index in [1.165, 1.54) is 30.5 Å². The van der Waals surface area contributed by atoms with Crippen molar-refractivity contribution in [1.82, 2.24) is 15.5 Å². The zero-order chi connectivity index (χ0) is 14.7. The van der Waals surface area contributed by atoms with Gasteiger partial charge in [-0.1, -0.05) is 24.3 Å². The van der Waals surface area contributed by atoms with Crippen LogP contribution in [-0.4, -0.2) is 43.5 Å². The van der Waals surface area contributed by atoms with Gasteiger partial charge in [0, 0.05) is 19.6 Å². The Bertz CT molecular complexity index is 503. The molecule has 1 fully saturated rings. The number of carbonyl (C=O) groups excluding carboxylic acids is 1. The minimum Gasteiger partial charge on any atom is -0.354 e. The summed E-state index contributed by atoms with van der Waals surface area (Å²) < 4.78 is 0. The summed E-state index contributed by atoms with van der Waals surface area (Å²) in [4.78, 5) is 14.7. The third-order valence-corrected chi connectivity index (χ3v) is 4.68. The minimum absolute atomic E-state index is 0.0822. The average Bonchev–Trinajstić information content (AvgIpc) is 2.52. The molecule has 1 aromatic carbocycles. The van der Waals surface area contributed by atoms with Gasteiger partial charge in [0.2, 0.25) is 5.91 Å². The molecule has 0 bridgehead atoms. The van der Waals surface area contributed by atoms with Gasteiger partial charge in [0.25, 0.3) is 0 Å². The van der Waals surface area contributed by atoms with Crippen molar-refractivity contribution >= 4 is 5.91 Å². The lowest BCUT2D eigenvalue weighted by Gasteiger charge is -2.31. The Balaban J connectivity index is 1.50. The quantitative estimate of drug-likeness (QED) is 0.877. The van der Waals surface area contributed by atoms with Crippen molar-refractivity contribution in [2.75, 3.05) is 26.7 Å². The number of hydrogen-bond acceptors (Lipinski definition) is 3. The highest BCUT2D eigenvalue weighted by Gasteiger charge is 2.25. The van der Waals surface area contributed by atoms with Gasteiger partial charge in [-0.25, -0.2) is 0 Å². The molecule has 4 nitrogen and oxygen atoms in total. The van der Waals surface area contributed by atoms with Crippen molar-refractivity contribution in [2.24, 2.45) is 5.92 Å². The summed E-state index contributed by atoms with van der Waals surface area (Å²) in [6, 6.07) is 8.29. The molecule has 0 saturated carbocycles. The topological polar surface area (TPSA) is 44.4 Å². The fraction of sp³-hybridized carbons (Fsp3) is 0.588. The molecule has 0 aliphatic carbocycles. The van der Waals surface area contributed by atoms with Crippen molar-refractivity contribution < 1.29 is 4.79 Å². The van der Waals surface area contributed by atoms with Crippen LogP contribution in [0.3, 0.4) is 0 Å². The summed E-state index contributed by atoms with van der Waals surface area (Å²) in [6.45, 7) is 3.88. The van der Waals surface area contributed by atoms with Gasteiger partial charge in [0.15, 0.2) is 0 Å². The molecule has 0 spiro atoms. The van der Waals surface area contributed by atoms with Gasteiger partial charge in [-0.15, -0.1) is 0 Å². The second-order valence-corrected chi connectivity index (χ2v) is 6.42. The highest BCUT2D eigenvalue weighted by atomic mass is 16.2. The summed E-state index contributed by atoms with van der Waals surface area (Å²) in [7, 11) is 2.16. The number of amides is 1. The number of carbonyl (C=O) groups is 1. The molecule has 0 aromatic heterocycles. The fourth-order valence-electron chi connectivity index (χ4n) is 3.45. The molecule has 0 radical (unpaired) electrons. The predicted octanol–water partition coefficient (Wildman–Crippen LogP) is 1.16. The Labute approximate surface area is 126 Å². The van der Waals surface area contributed by atoms with E-state index in [1.54, 1.807) is 0 Å². The number of piperidine rings is 1. The van der Waals surface area contributed by atoms with Crippen molar-refractivity contribution in [3.63, 3.8) is 0 Å². The van der Waals surface area contributed by atoms with Crippen LogP contribution in [-0.2, 0) is 17.8 Å². The molecule has 2 atom stereocenters. The molecular weight excluding hydrogens is 262 g/mol. The van der Waals surface area contributed by atoms with Crippen LogP contribution < -0.4 is 10.6 Å². The first-order valence-electron chi connectivity index (χ1n) is 7.99. The van der Waals surface area contributed by atoms with Crippen LogP contribution in [0.1, 0.15) is 24.0 Å². The lowest BCUT2D eigenvalue weighted by molar-refractivity contribution is -0.123. The number of benzene rings is 1. The van der Waals surface area contributed by atoms with E-state index in [9.17, 15) is 4.79 Å². The van der Waals surface area contributed by atoms with Crippen LogP contribution in [0.25, 0.3) is 0 Å². The van der Waals surface area contributed by atoms with Crippen LogP contribution >= 0.6 is 0 Å². The molecule has 1 unspecified atom stereocenters. The summed E-state index contributed by atoms with van der Waals surface area (Å²) in [5, 5.41) is 6.49. The molecule has 4 heteroatoms. The normalized spacial score (nSPS) is 26.1. The minimum atomic E-state index is -0.0822. The third kappa shape index (κ3) is 3.63. The van der Waals surface area contributed by atoms with E-state index in [0.29, 0.717) is 5.92 Å². The Hall–Kier alpha value is -1.39. The van der Waals surface area contributed by atoms with E-state index in [0.717, 1.165) is 26.1 Å². The first kappa shape index (κ1) is 14.5. The van der Waals surface area contributed by atoms with E-state index in [2.05, 4.69) is 46.8 Å². The smallest absolute Gasteiger partial charge is 0.237 e. The van der Waals surface area contributed by atoms with Gasteiger partial charge >= 0.3 is 0 Å². The van der Waals surface area contributed by atoms with Gasteiger partial charge in [0.05, 0.1) is 6.04 Å². The summed E-state index contributed by atoms with van der Waals surface area (Å²) in [5.41, 5.74) is 2.62. The first-order chi connectivity index (χ1) is 10.2. The Kier molecular flexibility index (Phi) is 4.56. The maximum atomic E-state index is 12.3. The molecule has 2 aliphatic rings. The molecular formula is C17H25N3O. The maximum Gasteiger partial charge on any atom is 0.237 e. The van der Waals surface area contributed by atoms with Gasteiger partial charge in [-0.3, -0.25) is 4.79 Å². The average molecular weight is 287 g/mol. The van der Waals surface area contributed by atoms with Crippen LogP contribution in [0, 0.1) is 5.92 Å². The van der Waals surface area contributed by atoms with Gasteiger partial charge in [-0.2, -0.15) is 0 Å². The number of hydrogen-bond donors (Lipinski definition) is 2. The van der Waals surface area contributed by atoms with Crippen molar-refractivity contribution in [3.8, 4) is 0 Å². The first-order valence-corrected chi connectivity index (χ1v) is 7.99. The Morgan fingerprint density at radius 2 is 2.19 bits per heavy atom. The Morgan fingerprint density at radius 3 is 3.00 bits per heavy atom. The van der Waals surface area contributed by atoms with Crippen molar-refractivity contribution in [1.29, 1.82) is 0 Å². The number of nitrogens with one attached hydrogen (secondary N) is 2. The van der Waals surface area contributed by atoms with Crippen molar-refractivity contribution in [3.05, 3.63) is 35.4 Å². The SMILES string of the molecule is CN1CCCC(CNC(=O)[C@H]2Cc3ccccc3CN2)C1. The number of rotatable bonds is 3. The molecule has 1 saturated heterocycles. The van der Waals surface area contributed by atoms with E-state index in [1.807, 2.05) is 0 Å². The monoisotopic (exact) mass is 287 g/mol. The third-order valence-electron chi connectivity index (χ3n) is 4.68. The fourth-order valence-corrected chi connectivity index (χ4v) is 3.45. The van der Waals surface area contributed by atoms with Gasteiger partial charge in [-0.05, 0) is 49.9 Å². The van der Waals surface area contributed by atoms with Crippen LogP contribution in [0.4, 0.5) is 0 Å². The van der Waals surface area contributed by atoms with E-state index < -0.39 is 0 Å². The molecule has 2 N–H and O–H groups in total. The lowest BCUT2D eigenvalue weighted by Crippen LogP contribution is -2.49. The molecule has 21 heavy (non-hydrogen) atoms. The van der Waals surface area contributed by atoms with Crippen LogP contribution in [0.15, 0.2) is 24.3 Å². The standard InChI is InChI=1S/C17H25N3O/c1-20-8-4-5-13(12-20)10-19-17(21)16-9-14-6-2-3-7-15(14)11-18-16/h2-3,6-7,13,16,18H,4-5,8-12H2,1H3,(H,19,21)/t13?,16-/m1/s1. The second kappa shape index (κ2) is 6.58. The van der Waals surface area contributed by atoms with Gasteiger partial charge < -0.3 is 15.5 Å². The lowest BCUT2D eigenvalue weighted by atomic mass is 9.95. The van der Waals surface area contributed by atoms with Crippen LogP contribution in [0.2, 0.25) is 0 Å². The summed E-state index contributed by atoms with van der Waals surface area (Å²) >= 11 is 0. The molecule has 3 rings (SSSR count). The van der Waals surface area contributed by atoms with Crippen molar-refractivity contribution in [2.45, 2.75) is 31.8 Å². The van der Waals surface area contributed by atoms with E-state index in [-0.39, 0.29) is 11.9 Å². The van der Waals surface area contributed by atoms with Crippen LogP contribution in [0.5, 0.6) is 0 Å². The highest BCUT2D eigenvalue weighted by molar-refractivity contribution is 5.82. The maximum absolute atomic E-state index is 12.3. The highest BCUT2D eigenvalue weighted by Crippen LogP contribution is 2.17. The largest absolute Gasteiger partial charge is 0.354 e. The molecule has 114 valence electrons. The number of likely N-dealkylation sites (tertiary alicyclic amines) is 1. The molecule has 2 aliphatic heterocycles. The Morgan fingerprint density at radius 1 is 1.38 bits per heavy atom. The number of nitrogens with zero attached hydrogens (tertiary/aromatic N) is 1. The zero-order valence-electron chi connectivity index (χ0n) is 12.8. The summed E-state index contributed by atoms with van der Waals surface area (Å²) in [5.74, 6) is 0.751. The number of fused-ring (bicyclic) bond motifs is 1. The zero-order valence-corrected chi connectivity index (χ0v) is 12.8. The van der Waals surface area contributed by atoms with E-state index >= 15 is 0 Å². The molecule has 1 aromatic rings. The predicted molar refractivity (Wildman–Crippen MR) is 84.0 cm³/mol.